The lowest BCUT2D eigenvalue weighted by Gasteiger charge is -2.07. The lowest BCUT2D eigenvalue weighted by atomic mass is 10.1. The molecule has 128 valence electrons. The first-order chi connectivity index (χ1) is 11.5. The van der Waals surface area contributed by atoms with Gasteiger partial charge in [-0.1, -0.05) is 12.1 Å². The standard InChI is InChI=1S/C18H20FNO3S/c1-23-17-10-9-13(11-16(17)19)5-3-8-18(21)20-14-6-4-7-15(12-14)24(2)22/h4,6-7,9-12H,3,5,8H2,1-2H3,(H,20,21)/t24-/m0/s1. The number of carbonyl (C=O) groups excluding carboxylic acids is 1. The number of rotatable bonds is 7. The average molecular weight is 349 g/mol. The van der Waals surface area contributed by atoms with Crippen LogP contribution in [0.5, 0.6) is 5.75 Å². The molecule has 0 radical (unpaired) electrons. The van der Waals surface area contributed by atoms with E-state index in [0.29, 0.717) is 29.8 Å². The number of benzene rings is 2. The van der Waals surface area contributed by atoms with Crippen LogP contribution in [0.4, 0.5) is 10.1 Å². The highest BCUT2D eigenvalue weighted by Gasteiger charge is 2.07. The van der Waals surface area contributed by atoms with Gasteiger partial charge in [0, 0.05) is 34.1 Å². The average Bonchev–Trinajstić information content (AvgIpc) is 2.55. The monoisotopic (exact) mass is 349 g/mol. The molecule has 4 nitrogen and oxygen atoms in total. The summed E-state index contributed by atoms with van der Waals surface area (Å²) in [6, 6.07) is 11.8. The fourth-order valence-corrected chi connectivity index (χ4v) is 2.86. The summed E-state index contributed by atoms with van der Waals surface area (Å²) in [7, 11) is 0.336. The first-order valence-electron chi connectivity index (χ1n) is 7.55. The second-order valence-corrected chi connectivity index (χ2v) is 6.73. The molecule has 0 bridgehead atoms. The van der Waals surface area contributed by atoms with E-state index >= 15 is 0 Å². The minimum Gasteiger partial charge on any atom is -0.494 e. The van der Waals surface area contributed by atoms with Crippen LogP contribution < -0.4 is 10.1 Å². The van der Waals surface area contributed by atoms with Crippen LogP contribution in [0.3, 0.4) is 0 Å². The van der Waals surface area contributed by atoms with Crippen molar-refractivity contribution in [1.29, 1.82) is 0 Å². The van der Waals surface area contributed by atoms with E-state index in [-0.39, 0.29) is 11.7 Å². The van der Waals surface area contributed by atoms with E-state index in [0.717, 1.165) is 5.56 Å². The van der Waals surface area contributed by atoms with E-state index in [9.17, 15) is 13.4 Å². The molecule has 0 aliphatic carbocycles. The Labute approximate surface area is 143 Å². The summed E-state index contributed by atoms with van der Waals surface area (Å²) in [5.41, 5.74) is 1.45. The number of hydrogen-bond acceptors (Lipinski definition) is 3. The first-order valence-corrected chi connectivity index (χ1v) is 9.11. The fourth-order valence-electron chi connectivity index (χ4n) is 2.29. The zero-order chi connectivity index (χ0) is 17.5. The zero-order valence-corrected chi connectivity index (χ0v) is 14.5. The van der Waals surface area contributed by atoms with Crippen LogP contribution in [0.15, 0.2) is 47.4 Å². The quantitative estimate of drug-likeness (QED) is 0.832. The highest BCUT2D eigenvalue weighted by atomic mass is 32.2. The Kier molecular flexibility index (Phi) is 6.49. The summed E-state index contributed by atoms with van der Waals surface area (Å²) in [5, 5.41) is 2.79. The van der Waals surface area contributed by atoms with E-state index in [1.165, 1.54) is 13.2 Å². The van der Waals surface area contributed by atoms with Gasteiger partial charge >= 0.3 is 0 Å². The molecule has 2 rings (SSSR count). The number of hydrogen-bond donors (Lipinski definition) is 1. The molecule has 0 unspecified atom stereocenters. The number of anilines is 1. The van der Waals surface area contributed by atoms with E-state index < -0.39 is 16.6 Å². The van der Waals surface area contributed by atoms with Gasteiger partial charge < -0.3 is 10.1 Å². The van der Waals surface area contributed by atoms with Gasteiger partial charge in [0.15, 0.2) is 11.6 Å². The second kappa shape index (κ2) is 8.59. The van der Waals surface area contributed by atoms with Crippen LogP contribution in [0, 0.1) is 5.82 Å². The molecule has 0 heterocycles. The third-order valence-corrected chi connectivity index (χ3v) is 4.45. The van der Waals surface area contributed by atoms with Gasteiger partial charge in [-0.2, -0.15) is 0 Å². The molecule has 0 aliphatic heterocycles. The molecule has 6 heteroatoms. The lowest BCUT2D eigenvalue weighted by Crippen LogP contribution is -2.11. The van der Waals surface area contributed by atoms with Gasteiger partial charge in [0.2, 0.25) is 5.91 Å². The number of aryl methyl sites for hydroxylation is 1. The molecule has 1 N–H and O–H groups in total. The predicted molar refractivity (Wildman–Crippen MR) is 93.3 cm³/mol. The van der Waals surface area contributed by atoms with E-state index in [1.807, 2.05) is 0 Å². The molecular formula is C18H20FNO3S. The molecule has 0 aliphatic rings. The molecular weight excluding hydrogens is 329 g/mol. The van der Waals surface area contributed by atoms with Crippen LogP contribution in [0.2, 0.25) is 0 Å². The normalized spacial score (nSPS) is 11.8. The number of methoxy groups -OCH3 is 1. The van der Waals surface area contributed by atoms with Crippen LogP contribution >= 0.6 is 0 Å². The van der Waals surface area contributed by atoms with Gasteiger partial charge in [0.25, 0.3) is 0 Å². The summed E-state index contributed by atoms with van der Waals surface area (Å²) in [5.74, 6) is -0.309. The number of halogens is 1. The number of carbonyl (C=O) groups is 1. The summed E-state index contributed by atoms with van der Waals surface area (Å²) in [6.45, 7) is 0. The van der Waals surface area contributed by atoms with Crippen molar-refractivity contribution in [2.45, 2.75) is 24.2 Å². The second-order valence-electron chi connectivity index (χ2n) is 5.35. The SMILES string of the molecule is COc1ccc(CCCC(=O)Nc2cccc([S@](C)=O)c2)cc1F. The van der Waals surface area contributed by atoms with E-state index in [2.05, 4.69) is 5.32 Å². The van der Waals surface area contributed by atoms with Gasteiger partial charge in [0.1, 0.15) is 0 Å². The van der Waals surface area contributed by atoms with Gasteiger partial charge in [-0.15, -0.1) is 0 Å². The van der Waals surface area contributed by atoms with Crippen LogP contribution in [-0.4, -0.2) is 23.5 Å². The van der Waals surface area contributed by atoms with Crippen molar-refractivity contribution in [1.82, 2.24) is 0 Å². The Morgan fingerprint density at radius 2 is 2.04 bits per heavy atom. The maximum absolute atomic E-state index is 13.6. The molecule has 1 atom stereocenters. The largest absolute Gasteiger partial charge is 0.494 e. The number of nitrogens with one attached hydrogen (secondary N) is 1. The Balaban J connectivity index is 1.84. The van der Waals surface area contributed by atoms with Crippen LogP contribution in [0.25, 0.3) is 0 Å². The predicted octanol–water partition coefficient (Wildman–Crippen LogP) is 3.53. The molecule has 0 fully saturated rings. The molecule has 0 spiro atoms. The minimum atomic E-state index is -1.09. The highest BCUT2D eigenvalue weighted by Crippen LogP contribution is 2.19. The lowest BCUT2D eigenvalue weighted by molar-refractivity contribution is -0.116. The Morgan fingerprint density at radius 1 is 1.25 bits per heavy atom. The summed E-state index contributed by atoms with van der Waals surface area (Å²) < 4.78 is 29.9. The van der Waals surface area contributed by atoms with Crippen molar-refractivity contribution in [3.05, 3.63) is 53.8 Å². The number of amides is 1. The fraction of sp³-hybridized carbons (Fsp3) is 0.278. The maximum Gasteiger partial charge on any atom is 0.224 e. The molecule has 2 aromatic carbocycles. The topological polar surface area (TPSA) is 55.4 Å². The molecule has 0 saturated carbocycles. The molecule has 0 aromatic heterocycles. The van der Waals surface area contributed by atoms with Crippen molar-refractivity contribution in [3.63, 3.8) is 0 Å². The van der Waals surface area contributed by atoms with Crippen molar-refractivity contribution in [2.75, 3.05) is 18.7 Å². The third kappa shape index (κ3) is 5.16. The Morgan fingerprint density at radius 3 is 2.71 bits per heavy atom. The van der Waals surface area contributed by atoms with Gasteiger partial charge in [0.05, 0.1) is 7.11 Å². The van der Waals surface area contributed by atoms with Gasteiger partial charge in [-0.3, -0.25) is 9.00 Å². The van der Waals surface area contributed by atoms with Crippen molar-refractivity contribution in [3.8, 4) is 5.75 Å². The van der Waals surface area contributed by atoms with Gasteiger partial charge in [-0.25, -0.2) is 4.39 Å². The minimum absolute atomic E-state index is 0.122. The maximum atomic E-state index is 13.6. The molecule has 1 amide bonds. The highest BCUT2D eigenvalue weighted by molar-refractivity contribution is 7.84. The van der Waals surface area contributed by atoms with E-state index in [1.54, 1.807) is 42.7 Å². The first kappa shape index (κ1) is 18.1. The van der Waals surface area contributed by atoms with Crippen LogP contribution in [0.1, 0.15) is 18.4 Å². The molecule has 2 aromatic rings. The molecule has 24 heavy (non-hydrogen) atoms. The van der Waals surface area contributed by atoms with Gasteiger partial charge in [-0.05, 0) is 48.7 Å². The zero-order valence-electron chi connectivity index (χ0n) is 13.7. The van der Waals surface area contributed by atoms with Crippen molar-refractivity contribution >= 4 is 22.4 Å². The Bertz CT molecular complexity index is 749. The summed E-state index contributed by atoms with van der Waals surface area (Å²) in [4.78, 5) is 12.6. The van der Waals surface area contributed by atoms with E-state index in [4.69, 9.17) is 4.74 Å². The van der Waals surface area contributed by atoms with Crippen LogP contribution in [-0.2, 0) is 22.0 Å². The van der Waals surface area contributed by atoms with Crippen molar-refractivity contribution in [2.24, 2.45) is 0 Å². The summed E-state index contributed by atoms with van der Waals surface area (Å²) in [6.07, 6.45) is 3.13. The number of ether oxygens (including phenoxy) is 1. The Hall–Kier alpha value is -2.21. The summed E-state index contributed by atoms with van der Waals surface area (Å²) >= 11 is 0. The third-order valence-electron chi connectivity index (χ3n) is 3.54. The smallest absolute Gasteiger partial charge is 0.224 e. The van der Waals surface area contributed by atoms with Crippen molar-refractivity contribution < 1.29 is 18.1 Å². The molecule has 0 saturated heterocycles.